The molecular formula is C19H22O8. The van der Waals surface area contributed by atoms with Crippen LogP contribution in [-0.2, 0) is 16.1 Å². The molecule has 0 unspecified atom stereocenters. The minimum Gasteiger partial charge on any atom is -0.502 e. The van der Waals surface area contributed by atoms with Gasteiger partial charge in [0.15, 0.2) is 17.3 Å². The van der Waals surface area contributed by atoms with Gasteiger partial charge >= 0.3 is 5.97 Å². The molecule has 2 N–H and O–H groups in total. The molecule has 146 valence electrons. The molecule has 0 fully saturated rings. The van der Waals surface area contributed by atoms with Gasteiger partial charge < -0.3 is 28.8 Å². The van der Waals surface area contributed by atoms with E-state index < -0.39 is 29.7 Å². The number of aliphatic hydroxyl groups excluding tert-OH is 1. The van der Waals surface area contributed by atoms with Gasteiger partial charge in [-0.25, -0.2) is 0 Å². The van der Waals surface area contributed by atoms with Crippen LogP contribution in [0.3, 0.4) is 0 Å². The van der Waals surface area contributed by atoms with Crippen molar-refractivity contribution >= 4 is 5.97 Å². The average Bonchev–Trinajstić information content (AvgIpc) is 2.67. The molecule has 1 atom stereocenters. The predicted octanol–water partition coefficient (Wildman–Crippen LogP) is 1.94. The quantitative estimate of drug-likeness (QED) is 0.670. The van der Waals surface area contributed by atoms with Crippen molar-refractivity contribution in [1.82, 2.24) is 0 Å². The van der Waals surface area contributed by atoms with Crippen molar-refractivity contribution in [2.24, 2.45) is 0 Å². The Hall–Kier alpha value is -3.00. The lowest BCUT2D eigenvalue weighted by Crippen LogP contribution is -2.15. The molecule has 0 aliphatic carbocycles. The second-order valence-electron chi connectivity index (χ2n) is 5.59. The van der Waals surface area contributed by atoms with Crippen molar-refractivity contribution in [1.29, 1.82) is 0 Å². The number of hydrogen-bond acceptors (Lipinski definition) is 8. The first-order valence-corrected chi connectivity index (χ1v) is 8.30. The first-order valence-electron chi connectivity index (χ1n) is 8.30. The molecule has 27 heavy (non-hydrogen) atoms. The second kappa shape index (κ2) is 9.09. The second-order valence-corrected chi connectivity index (χ2v) is 5.59. The Morgan fingerprint density at radius 1 is 1.26 bits per heavy atom. The number of benzene rings is 1. The maximum atomic E-state index is 12.2. The molecule has 0 saturated heterocycles. The lowest BCUT2D eigenvalue weighted by molar-refractivity contribution is -0.143. The first kappa shape index (κ1) is 20.3. The van der Waals surface area contributed by atoms with Crippen LogP contribution in [0.1, 0.15) is 36.3 Å². The van der Waals surface area contributed by atoms with Gasteiger partial charge in [-0.05, 0) is 13.0 Å². The molecule has 1 aromatic heterocycles. The summed E-state index contributed by atoms with van der Waals surface area (Å²) in [6.45, 7) is 1.31. The SMILES string of the molecule is CCOC(=O)C[C@H](c1cccc(OC)c1OC)c1oc(CO)cc(=O)c1O. The summed E-state index contributed by atoms with van der Waals surface area (Å²) in [7, 11) is 2.90. The lowest BCUT2D eigenvalue weighted by atomic mass is 9.91. The molecule has 0 saturated carbocycles. The molecule has 0 radical (unpaired) electrons. The summed E-state index contributed by atoms with van der Waals surface area (Å²) in [4.78, 5) is 24.2. The van der Waals surface area contributed by atoms with E-state index in [0.717, 1.165) is 6.07 Å². The standard InChI is InChI=1S/C19H22O8/c1-4-26-16(22)9-13(12-6-5-7-15(24-2)18(12)25-3)19-17(23)14(21)8-11(10-20)27-19/h5-8,13,20,23H,4,9-10H2,1-3H3/t13-/m1/s1. The number of aromatic hydroxyl groups is 1. The lowest BCUT2D eigenvalue weighted by Gasteiger charge is -2.21. The number of carbonyl (C=O) groups is 1. The van der Waals surface area contributed by atoms with Crippen LogP contribution in [0.4, 0.5) is 0 Å². The zero-order valence-corrected chi connectivity index (χ0v) is 15.4. The Morgan fingerprint density at radius 2 is 2.00 bits per heavy atom. The van der Waals surface area contributed by atoms with Gasteiger partial charge in [-0.15, -0.1) is 0 Å². The van der Waals surface area contributed by atoms with Gasteiger partial charge in [0.25, 0.3) is 0 Å². The third kappa shape index (κ3) is 4.40. The van der Waals surface area contributed by atoms with Gasteiger partial charge in [0.2, 0.25) is 11.2 Å². The molecule has 1 heterocycles. The topological polar surface area (TPSA) is 115 Å². The van der Waals surface area contributed by atoms with Gasteiger partial charge in [0, 0.05) is 11.6 Å². The zero-order valence-electron chi connectivity index (χ0n) is 15.4. The van der Waals surface area contributed by atoms with Crippen LogP contribution in [0.15, 0.2) is 33.5 Å². The summed E-state index contributed by atoms with van der Waals surface area (Å²) >= 11 is 0. The molecule has 0 amide bonds. The van der Waals surface area contributed by atoms with Gasteiger partial charge in [-0.3, -0.25) is 9.59 Å². The fourth-order valence-electron chi connectivity index (χ4n) is 2.79. The van der Waals surface area contributed by atoms with E-state index in [4.69, 9.17) is 18.6 Å². The van der Waals surface area contributed by atoms with E-state index in [9.17, 15) is 19.8 Å². The Kier molecular flexibility index (Phi) is 6.84. The first-order chi connectivity index (χ1) is 13.0. The van der Waals surface area contributed by atoms with E-state index in [1.165, 1.54) is 14.2 Å². The highest BCUT2D eigenvalue weighted by atomic mass is 16.5. The number of aliphatic hydroxyl groups is 1. The van der Waals surface area contributed by atoms with E-state index in [1.807, 2.05) is 0 Å². The van der Waals surface area contributed by atoms with Crippen molar-refractivity contribution < 1.29 is 33.6 Å². The zero-order chi connectivity index (χ0) is 20.0. The smallest absolute Gasteiger partial charge is 0.306 e. The number of esters is 1. The number of para-hydroxylation sites is 1. The Bertz CT molecular complexity index is 855. The van der Waals surface area contributed by atoms with E-state index in [0.29, 0.717) is 17.1 Å². The number of carbonyl (C=O) groups excluding carboxylic acids is 1. The maximum absolute atomic E-state index is 12.2. The van der Waals surface area contributed by atoms with Crippen LogP contribution in [-0.4, -0.2) is 37.0 Å². The summed E-state index contributed by atoms with van der Waals surface area (Å²) in [6.07, 6.45) is -0.219. The monoisotopic (exact) mass is 378 g/mol. The van der Waals surface area contributed by atoms with Crippen molar-refractivity contribution in [3.05, 3.63) is 51.6 Å². The van der Waals surface area contributed by atoms with Gasteiger partial charge in [0.05, 0.1) is 33.2 Å². The van der Waals surface area contributed by atoms with Crippen LogP contribution < -0.4 is 14.9 Å². The van der Waals surface area contributed by atoms with Crippen LogP contribution in [0.25, 0.3) is 0 Å². The Labute approximate surface area is 155 Å². The van der Waals surface area contributed by atoms with Crippen molar-refractivity contribution in [2.45, 2.75) is 25.9 Å². The minimum absolute atomic E-state index is 0.0384. The van der Waals surface area contributed by atoms with Crippen LogP contribution in [0.5, 0.6) is 17.2 Å². The molecule has 2 aromatic rings. The van der Waals surface area contributed by atoms with E-state index >= 15 is 0 Å². The fraction of sp³-hybridized carbons (Fsp3) is 0.368. The summed E-state index contributed by atoms with van der Waals surface area (Å²) in [5, 5.41) is 19.6. The Balaban J connectivity index is 2.69. The summed E-state index contributed by atoms with van der Waals surface area (Å²) in [5.74, 6) is -1.56. The normalized spacial score (nSPS) is 11.7. The highest BCUT2D eigenvalue weighted by Gasteiger charge is 2.30. The molecule has 0 bridgehead atoms. The van der Waals surface area contributed by atoms with Crippen molar-refractivity contribution in [3.63, 3.8) is 0 Å². The number of ether oxygens (including phenoxy) is 3. The third-order valence-electron chi connectivity index (χ3n) is 3.96. The maximum Gasteiger partial charge on any atom is 0.306 e. The molecule has 0 aliphatic heterocycles. The molecule has 8 nitrogen and oxygen atoms in total. The molecule has 0 spiro atoms. The minimum atomic E-state index is -0.895. The van der Waals surface area contributed by atoms with Gasteiger partial charge in [-0.2, -0.15) is 0 Å². The van der Waals surface area contributed by atoms with Crippen molar-refractivity contribution in [3.8, 4) is 17.2 Å². The van der Waals surface area contributed by atoms with Gasteiger partial charge in [-0.1, -0.05) is 12.1 Å². The van der Waals surface area contributed by atoms with E-state index in [1.54, 1.807) is 25.1 Å². The number of hydrogen-bond donors (Lipinski definition) is 2. The molecule has 2 rings (SSSR count). The van der Waals surface area contributed by atoms with Crippen molar-refractivity contribution in [2.75, 3.05) is 20.8 Å². The Morgan fingerprint density at radius 3 is 2.59 bits per heavy atom. The predicted molar refractivity (Wildman–Crippen MR) is 95.2 cm³/mol. The number of rotatable bonds is 8. The van der Waals surface area contributed by atoms with Crippen LogP contribution in [0.2, 0.25) is 0 Å². The summed E-state index contributed by atoms with van der Waals surface area (Å²) in [5.41, 5.74) is -0.269. The summed E-state index contributed by atoms with van der Waals surface area (Å²) in [6, 6.07) is 6.00. The third-order valence-corrected chi connectivity index (χ3v) is 3.96. The highest BCUT2D eigenvalue weighted by Crippen LogP contribution is 2.42. The van der Waals surface area contributed by atoms with E-state index in [2.05, 4.69) is 0 Å². The molecular weight excluding hydrogens is 356 g/mol. The van der Waals surface area contributed by atoms with Gasteiger partial charge in [0.1, 0.15) is 12.4 Å². The fourth-order valence-corrected chi connectivity index (χ4v) is 2.79. The van der Waals surface area contributed by atoms with Crippen LogP contribution >= 0.6 is 0 Å². The summed E-state index contributed by atoms with van der Waals surface area (Å²) < 4.78 is 21.2. The van der Waals surface area contributed by atoms with E-state index in [-0.39, 0.29) is 24.5 Å². The highest BCUT2D eigenvalue weighted by molar-refractivity contribution is 5.72. The van der Waals surface area contributed by atoms with Crippen LogP contribution in [0, 0.1) is 0 Å². The molecule has 1 aromatic carbocycles. The molecule has 8 heteroatoms. The largest absolute Gasteiger partial charge is 0.502 e. The molecule has 0 aliphatic rings. The average molecular weight is 378 g/mol. The number of methoxy groups -OCH3 is 2.